The largest absolute Gasteiger partial charge is 0.507 e. The molecule has 1 saturated heterocycles. The summed E-state index contributed by atoms with van der Waals surface area (Å²) < 4.78 is 16.1. The Hall–Kier alpha value is -4.07. The number of methoxy groups -OCH3 is 2. The Balaban J connectivity index is 2.01. The highest BCUT2D eigenvalue weighted by Crippen LogP contribution is 2.46. The highest BCUT2D eigenvalue weighted by atomic mass is 16.5. The van der Waals surface area contributed by atoms with Crippen molar-refractivity contribution in [3.8, 4) is 11.5 Å². The molecule has 8 nitrogen and oxygen atoms in total. The maximum atomic E-state index is 13.2. The summed E-state index contributed by atoms with van der Waals surface area (Å²) in [5.74, 6) is -0.579. The van der Waals surface area contributed by atoms with Crippen molar-refractivity contribution >= 4 is 23.3 Å². The first-order chi connectivity index (χ1) is 15.4. The van der Waals surface area contributed by atoms with E-state index in [0.717, 1.165) is 5.56 Å². The molecule has 0 saturated carbocycles. The van der Waals surface area contributed by atoms with E-state index < -0.39 is 17.7 Å². The monoisotopic (exact) mass is 434 g/mol. The number of aryl methyl sites for hydroxylation is 2. The van der Waals surface area contributed by atoms with Crippen LogP contribution in [0.4, 0.5) is 5.82 Å². The van der Waals surface area contributed by atoms with E-state index in [0.29, 0.717) is 28.4 Å². The number of hydrogen-bond donors (Lipinski definition) is 1. The van der Waals surface area contributed by atoms with Crippen LogP contribution >= 0.6 is 0 Å². The summed E-state index contributed by atoms with van der Waals surface area (Å²) in [6.45, 7) is 3.59. The van der Waals surface area contributed by atoms with Crippen molar-refractivity contribution in [2.24, 2.45) is 0 Å². The predicted octanol–water partition coefficient (Wildman–Crippen LogP) is 3.93. The van der Waals surface area contributed by atoms with Gasteiger partial charge >= 0.3 is 5.91 Å². The molecule has 32 heavy (non-hydrogen) atoms. The first-order valence-corrected chi connectivity index (χ1v) is 9.89. The second-order valence-corrected chi connectivity index (χ2v) is 7.41. The Morgan fingerprint density at radius 3 is 2.38 bits per heavy atom. The number of benzene rings is 2. The Bertz CT molecular complexity index is 1230. The molecule has 1 N–H and O–H groups in total. The SMILES string of the molecule is COc1cccc([C@H]2C(=C(O)c3ccc(C)cc3)C(=O)C(=O)N2c2cc(C)on2)c1OC. The summed E-state index contributed by atoms with van der Waals surface area (Å²) in [4.78, 5) is 27.5. The summed E-state index contributed by atoms with van der Waals surface area (Å²) in [5, 5.41) is 15.1. The van der Waals surface area contributed by atoms with Crippen molar-refractivity contribution in [1.82, 2.24) is 5.16 Å². The van der Waals surface area contributed by atoms with Crippen LogP contribution in [0.1, 0.15) is 28.5 Å². The molecule has 0 radical (unpaired) electrons. The Labute approximate surface area is 184 Å². The number of ether oxygens (including phenoxy) is 2. The lowest BCUT2D eigenvalue weighted by Crippen LogP contribution is -2.30. The number of Topliss-reactive ketones (excluding diaryl/α,β-unsaturated/α-hetero) is 1. The molecule has 2 aromatic carbocycles. The van der Waals surface area contributed by atoms with Crippen molar-refractivity contribution in [2.45, 2.75) is 19.9 Å². The van der Waals surface area contributed by atoms with E-state index in [2.05, 4.69) is 5.16 Å². The number of nitrogens with zero attached hydrogens (tertiary/aromatic N) is 2. The van der Waals surface area contributed by atoms with E-state index in [-0.39, 0.29) is 17.2 Å². The first-order valence-electron chi connectivity index (χ1n) is 9.89. The molecule has 1 fully saturated rings. The minimum atomic E-state index is -1.01. The minimum absolute atomic E-state index is 0.0777. The maximum Gasteiger partial charge on any atom is 0.301 e. The fraction of sp³-hybridized carbons (Fsp3) is 0.208. The van der Waals surface area contributed by atoms with Crippen molar-refractivity contribution in [1.29, 1.82) is 0 Å². The van der Waals surface area contributed by atoms with Gasteiger partial charge in [0.25, 0.3) is 5.78 Å². The zero-order valence-electron chi connectivity index (χ0n) is 18.1. The van der Waals surface area contributed by atoms with Gasteiger partial charge in [-0.1, -0.05) is 47.1 Å². The summed E-state index contributed by atoms with van der Waals surface area (Å²) >= 11 is 0. The number of amides is 1. The fourth-order valence-corrected chi connectivity index (χ4v) is 3.82. The normalized spacial score (nSPS) is 17.6. The third-order valence-electron chi connectivity index (χ3n) is 5.36. The lowest BCUT2D eigenvalue weighted by atomic mass is 9.94. The van der Waals surface area contributed by atoms with Crippen LogP contribution in [-0.2, 0) is 9.59 Å². The average Bonchev–Trinajstić information content (AvgIpc) is 3.33. The van der Waals surface area contributed by atoms with Gasteiger partial charge in [-0.25, -0.2) is 0 Å². The Morgan fingerprint density at radius 2 is 1.78 bits per heavy atom. The number of ketones is 1. The van der Waals surface area contributed by atoms with Crippen LogP contribution in [0.15, 0.2) is 58.6 Å². The molecule has 4 rings (SSSR count). The molecule has 3 aromatic rings. The number of aliphatic hydroxyl groups is 1. The highest BCUT2D eigenvalue weighted by molar-refractivity contribution is 6.51. The topological polar surface area (TPSA) is 102 Å². The molecule has 1 aliphatic rings. The molecule has 164 valence electrons. The molecule has 8 heteroatoms. The van der Waals surface area contributed by atoms with Gasteiger partial charge in [-0.2, -0.15) is 0 Å². The minimum Gasteiger partial charge on any atom is -0.507 e. The van der Waals surface area contributed by atoms with Gasteiger partial charge in [0.15, 0.2) is 17.3 Å². The summed E-state index contributed by atoms with van der Waals surface area (Å²) in [6.07, 6.45) is 0. The van der Waals surface area contributed by atoms with Gasteiger partial charge in [0.1, 0.15) is 17.6 Å². The van der Waals surface area contributed by atoms with Gasteiger partial charge in [0, 0.05) is 17.2 Å². The van der Waals surface area contributed by atoms with E-state index >= 15 is 0 Å². The second-order valence-electron chi connectivity index (χ2n) is 7.41. The van der Waals surface area contributed by atoms with E-state index in [1.807, 2.05) is 19.1 Å². The predicted molar refractivity (Wildman–Crippen MR) is 117 cm³/mol. The van der Waals surface area contributed by atoms with Crippen molar-refractivity contribution in [2.75, 3.05) is 19.1 Å². The molecule has 1 aliphatic heterocycles. The number of hydrogen-bond acceptors (Lipinski definition) is 7. The molecule has 1 atom stereocenters. The molecule has 0 bridgehead atoms. The van der Waals surface area contributed by atoms with Gasteiger partial charge in [0.05, 0.1) is 19.8 Å². The van der Waals surface area contributed by atoms with Crippen LogP contribution in [0, 0.1) is 13.8 Å². The van der Waals surface area contributed by atoms with Crippen LogP contribution < -0.4 is 14.4 Å². The maximum absolute atomic E-state index is 13.2. The van der Waals surface area contributed by atoms with Gasteiger partial charge in [-0.15, -0.1) is 0 Å². The molecule has 0 aliphatic carbocycles. The van der Waals surface area contributed by atoms with Crippen LogP contribution in [-0.4, -0.2) is 36.2 Å². The lowest BCUT2D eigenvalue weighted by molar-refractivity contribution is -0.132. The molecular weight excluding hydrogens is 412 g/mol. The number of carbonyl (C=O) groups excluding carboxylic acids is 2. The molecular formula is C24H22N2O6. The van der Waals surface area contributed by atoms with Crippen molar-refractivity contribution in [3.63, 3.8) is 0 Å². The van der Waals surface area contributed by atoms with Crippen LogP contribution in [0.2, 0.25) is 0 Å². The third kappa shape index (κ3) is 3.39. The smallest absolute Gasteiger partial charge is 0.301 e. The fourth-order valence-electron chi connectivity index (χ4n) is 3.82. The van der Waals surface area contributed by atoms with Crippen molar-refractivity contribution < 1.29 is 28.7 Å². The Morgan fingerprint density at radius 1 is 1.06 bits per heavy atom. The quantitative estimate of drug-likeness (QED) is 0.369. The first kappa shape index (κ1) is 21.2. The highest BCUT2D eigenvalue weighted by Gasteiger charge is 2.49. The molecule has 1 amide bonds. The number of rotatable bonds is 5. The summed E-state index contributed by atoms with van der Waals surface area (Å²) in [7, 11) is 2.96. The zero-order chi connectivity index (χ0) is 23.0. The average molecular weight is 434 g/mol. The second kappa shape index (κ2) is 8.22. The standard InChI is InChI=1S/C24H22N2O6/c1-13-8-10-15(11-9-13)21(27)19-20(16-6-5-7-17(30-3)23(16)31-4)26(24(29)22(19)28)18-12-14(2)32-25-18/h5-12,20,27H,1-4H3/t20-/m0/s1. The molecule has 1 aromatic heterocycles. The Kier molecular flexibility index (Phi) is 5.44. The van der Waals surface area contributed by atoms with E-state index in [4.69, 9.17) is 14.0 Å². The van der Waals surface area contributed by atoms with Gasteiger partial charge in [-0.05, 0) is 19.9 Å². The number of para-hydroxylation sites is 1. The number of anilines is 1. The number of aliphatic hydroxyl groups excluding tert-OH is 1. The van der Waals surface area contributed by atoms with Crippen LogP contribution in [0.5, 0.6) is 11.5 Å². The van der Waals surface area contributed by atoms with Gasteiger partial charge in [0.2, 0.25) is 0 Å². The van der Waals surface area contributed by atoms with E-state index in [9.17, 15) is 14.7 Å². The molecule has 2 heterocycles. The van der Waals surface area contributed by atoms with E-state index in [1.54, 1.807) is 43.3 Å². The van der Waals surface area contributed by atoms with Crippen molar-refractivity contribution in [3.05, 3.63) is 76.6 Å². The third-order valence-corrected chi connectivity index (χ3v) is 5.36. The number of carbonyl (C=O) groups is 2. The van der Waals surface area contributed by atoms with Gasteiger partial charge < -0.3 is 19.1 Å². The number of aromatic nitrogens is 1. The molecule has 0 unspecified atom stereocenters. The molecule has 0 spiro atoms. The van der Waals surface area contributed by atoms with Gasteiger partial charge in [-0.3, -0.25) is 14.5 Å². The lowest BCUT2D eigenvalue weighted by Gasteiger charge is -2.25. The van der Waals surface area contributed by atoms with Crippen LogP contribution in [0.25, 0.3) is 5.76 Å². The van der Waals surface area contributed by atoms with E-state index in [1.165, 1.54) is 19.1 Å². The zero-order valence-corrected chi connectivity index (χ0v) is 18.1. The van der Waals surface area contributed by atoms with Crippen LogP contribution in [0.3, 0.4) is 0 Å². The summed E-state index contributed by atoms with van der Waals surface area (Å²) in [5.41, 5.74) is 1.79. The summed E-state index contributed by atoms with van der Waals surface area (Å²) in [6, 6.07) is 12.7.